The number of fused-ring (bicyclic) bond motifs is 1. The van der Waals surface area contributed by atoms with E-state index in [1.165, 1.54) is 0 Å². The Hall–Kier alpha value is -1.42. The molecule has 15 heavy (non-hydrogen) atoms. The fraction of sp³-hybridized carbons (Fsp3) is 0.455. The molecule has 0 spiro atoms. The molecule has 2 N–H and O–H groups in total. The first kappa shape index (κ1) is 8.85. The molecule has 2 aromatic heterocycles. The minimum absolute atomic E-state index is 0.176. The molecular weight excluding hydrogens is 188 g/mol. The molecule has 1 saturated carbocycles. The van der Waals surface area contributed by atoms with Crippen molar-refractivity contribution >= 4 is 5.65 Å². The Morgan fingerprint density at radius 1 is 1.47 bits per heavy atom. The van der Waals surface area contributed by atoms with Crippen LogP contribution in [-0.2, 0) is 5.54 Å². The van der Waals surface area contributed by atoms with Gasteiger partial charge in [-0.25, -0.2) is 9.50 Å². The summed E-state index contributed by atoms with van der Waals surface area (Å²) in [6.45, 7) is 4.36. The van der Waals surface area contributed by atoms with Crippen molar-refractivity contribution in [3.05, 3.63) is 30.2 Å². The van der Waals surface area contributed by atoms with Gasteiger partial charge < -0.3 is 5.73 Å². The molecule has 1 aliphatic carbocycles. The third-order valence-electron chi connectivity index (χ3n) is 3.57. The smallest absolute Gasteiger partial charge is 0.154 e. The van der Waals surface area contributed by atoms with Gasteiger partial charge in [0.2, 0.25) is 0 Å². The van der Waals surface area contributed by atoms with Crippen molar-refractivity contribution in [1.29, 1.82) is 0 Å². The second-order valence-electron chi connectivity index (χ2n) is 5.01. The number of rotatable bonds is 1. The SMILES string of the molecule is CC1(C)CC1(N)c1cnc2ccnn2c1. The maximum absolute atomic E-state index is 6.32. The van der Waals surface area contributed by atoms with Gasteiger partial charge in [-0.2, -0.15) is 5.10 Å². The molecule has 0 saturated heterocycles. The summed E-state index contributed by atoms with van der Waals surface area (Å²) >= 11 is 0. The highest BCUT2D eigenvalue weighted by atomic mass is 15.2. The molecule has 0 radical (unpaired) electrons. The average molecular weight is 202 g/mol. The van der Waals surface area contributed by atoms with E-state index in [2.05, 4.69) is 23.9 Å². The Balaban J connectivity index is 2.13. The monoisotopic (exact) mass is 202 g/mol. The molecule has 2 aromatic rings. The van der Waals surface area contributed by atoms with Gasteiger partial charge >= 0.3 is 0 Å². The van der Waals surface area contributed by atoms with Crippen molar-refractivity contribution in [1.82, 2.24) is 14.6 Å². The van der Waals surface area contributed by atoms with Gasteiger partial charge in [-0.3, -0.25) is 0 Å². The van der Waals surface area contributed by atoms with E-state index in [0.29, 0.717) is 0 Å². The summed E-state index contributed by atoms with van der Waals surface area (Å²) in [5.74, 6) is 0. The van der Waals surface area contributed by atoms with Crippen LogP contribution in [0.4, 0.5) is 0 Å². The predicted molar refractivity (Wildman–Crippen MR) is 57.3 cm³/mol. The van der Waals surface area contributed by atoms with Crippen LogP contribution in [0.2, 0.25) is 0 Å². The first-order chi connectivity index (χ1) is 7.03. The number of nitrogens with zero attached hydrogens (tertiary/aromatic N) is 3. The Morgan fingerprint density at radius 3 is 2.87 bits per heavy atom. The van der Waals surface area contributed by atoms with E-state index in [9.17, 15) is 0 Å². The van der Waals surface area contributed by atoms with E-state index in [1.54, 1.807) is 10.7 Å². The Labute approximate surface area is 88.1 Å². The summed E-state index contributed by atoms with van der Waals surface area (Å²) < 4.78 is 1.78. The van der Waals surface area contributed by atoms with Crippen molar-refractivity contribution in [2.24, 2.45) is 11.1 Å². The van der Waals surface area contributed by atoms with Gasteiger partial charge in [-0.05, 0) is 11.8 Å². The third-order valence-corrected chi connectivity index (χ3v) is 3.57. The molecule has 1 fully saturated rings. The Morgan fingerprint density at radius 2 is 2.20 bits per heavy atom. The van der Waals surface area contributed by atoms with Gasteiger partial charge in [0.05, 0.1) is 6.20 Å². The molecule has 4 heteroatoms. The fourth-order valence-corrected chi connectivity index (χ4v) is 2.19. The number of nitrogens with two attached hydrogens (primary N) is 1. The molecule has 0 amide bonds. The van der Waals surface area contributed by atoms with Gasteiger partial charge in [0, 0.05) is 29.6 Å². The number of hydrogen-bond donors (Lipinski definition) is 1. The summed E-state index contributed by atoms with van der Waals surface area (Å²) in [5.41, 5.74) is 8.21. The molecule has 0 aliphatic heterocycles. The van der Waals surface area contributed by atoms with Crippen LogP contribution >= 0.6 is 0 Å². The second kappa shape index (κ2) is 2.39. The average Bonchev–Trinajstić information content (AvgIpc) is 2.61. The summed E-state index contributed by atoms with van der Waals surface area (Å²) in [6, 6.07) is 1.88. The van der Waals surface area contributed by atoms with E-state index >= 15 is 0 Å². The zero-order valence-electron chi connectivity index (χ0n) is 8.94. The lowest BCUT2D eigenvalue weighted by atomic mass is 10.00. The highest BCUT2D eigenvalue weighted by Gasteiger charge is 2.59. The quantitative estimate of drug-likeness (QED) is 0.758. The van der Waals surface area contributed by atoms with Crippen molar-refractivity contribution in [3.8, 4) is 0 Å². The largest absolute Gasteiger partial charge is 0.321 e. The molecule has 0 bridgehead atoms. The molecular formula is C11H14N4. The molecule has 4 nitrogen and oxygen atoms in total. The Bertz CT molecular complexity index is 528. The van der Waals surface area contributed by atoms with Crippen LogP contribution in [0, 0.1) is 5.41 Å². The highest BCUT2D eigenvalue weighted by Crippen LogP contribution is 2.60. The summed E-state index contributed by atoms with van der Waals surface area (Å²) in [6.07, 6.45) is 6.60. The lowest BCUT2D eigenvalue weighted by Crippen LogP contribution is -2.26. The summed E-state index contributed by atoms with van der Waals surface area (Å²) in [5, 5.41) is 4.17. The van der Waals surface area contributed by atoms with Gasteiger partial charge in [0.25, 0.3) is 0 Å². The van der Waals surface area contributed by atoms with Crippen LogP contribution in [0.15, 0.2) is 24.7 Å². The van der Waals surface area contributed by atoms with Gasteiger partial charge in [0.15, 0.2) is 5.65 Å². The fourth-order valence-electron chi connectivity index (χ4n) is 2.19. The van der Waals surface area contributed by atoms with E-state index in [0.717, 1.165) is 17.6 Å². The minimum Gasteiger partial charge on any atom is -0.321 e. The maximum Gasteiger partial charge on any atom is 0.154 e. The van der Waals surface area contributed by atoms with Crippen LogP contribution in [0.5, 0.6) is 0 Å². The van der Waals surface area contributed by atoms with E-state index in [1.807, 2.05) is 18.5 Å². The van der Waals surface area contributed by atoms with Gasteiger partial charge in [-0.15, -0.1) is 0 Å². The number of hydrogen-bond acceptors (Lipinski definition) is 3. The van der Waals surface area contributed by atoms with Crippen LogP contribution < -0.4 is 5.73 Å². The third kappa shape index (κ3) is 1.05. The molecule has 1 unspecified atom stereocenters. The molecule has 78 valence electrons. The van der Waals surface area contributed by atoms with Gasteiger partial charge in [0.1, 0.15) is 0 Å². The zero-order valence-corrected chi connectivity index (χ0v) is 8.94. The lowest BCUT2D eigenvalue weighted by Gasteiger charge is -2.14. The number of aromatic nitrogens is 3. The van der Waals surface area contributed by atoms with Crippen molar-refractivity contribution in [2.45, 2.75) is 25.8 Å². The topological polar surface area (TPSA) is 56.2 Å². The molecule has 1 atom stereocenters. The van der Waals surface area contributed by atoms with Gasteiger partial charge in [-0.1, -0.05) is 13.8 Å². The van der Waals surface area contributed by atoms with Crippen LogP contribution in [0.3, 0.4) is 0 Å². The van der Waals surface area contributed by atoms with Crippen LogP contribution in [0.1, 0.15) is 25.8 Å². The van der Waals surface area contributed by atoms with E-state index in [-0.39, 0.29) is 11.0 Å². The minimum atomic E-state index is -0.222. The van der Waals surface area contributed by atoms with Crippen molar-refractivity contribution in [3.63, 3.8) is 0 Å². The van der Waals surface area contributed by atoms with Crippen LogP contribution in [0.25, 0.3) is 5.65 Å². The van der Waals surface area contributed by atoms with E-state index in [4.69, 9.17) is 5.73 Å². The van der Waals surface area contributed by atoms with E-state index < -0.39 is 0 Å². The Kier molecular flexibility index (Phi) is 1.41. The molecule has 1 aliphatic rings. The molecule has 3 rings (SSSR count). The summed E-state index contributed by atoms with van der Waals surface area (Å²) in [4.78, 5) is 4.33. The van der Waals surface area contributed by atoms with Crippen molar-refractivity contribution < 1.29 is 0 Å². The first-order valence-electron chi connectivity index (χ1n) is 5.12. The molecule has 0 aromatic carbocycles. The maximum atomic E-state index is 6.32. The van der Waals surface area contributed by atoms with Crippen molar-refractivity contribution in [2.75, 3.05) is 0 Å². The first-order valence-corrected chi connectivity index (χ1v) is 5.12. The second-order valence-corrected chi connectivity index (χ2v) is 5.01. The standard InChI is InChI=1S/C11H14N4/c1-10(2)7-11(10,12)8-5-13-9-3-4-14-15(9)6-8/h3-6H,7,12H2,1-2H3. The molecule has 2 heterocycles. The normalized spacial score (nSPS) is 28.2. The zero-order chi connectivity index (χ0) is 10.7. The summed E-state index contributed by atoms with van der Waals surface area (Å²) in [7, 11) is 0. The highest BCUT2D eigenvalue weighted by molar-refractivity contribution is 5.40. The van der Waals surface area contributed by atoms with Crippen LogP contribution in [-0.4, -0.2) is 14.6 Å². The predicted octanol–water partition coefficient (Wildman–Crippen LogP) is 1.31. The lowest BCUT2D eigenvalue weighted by molar-refractivity contribution is 0.506.